The number of ether oxygens (including phenoxy) is 3. The molecule has 4 aromatic rings. The fraction of sp³-hybridized carbons (Fsp3) is 0.545. The molecule has 9 unspecified atom stereocenters. The van der Waals surface area contributed by atoms with Crippen molar-refractivity contribution in [3.8, 4) is 0 Å². The number of aromatic nitrogens is 8. The summed E-state index contributed by atoms with van der Waals surface area (Å²) >= 11 is 0. The molecule has 19 nitrogen and oxygen atoms in total. The summed E-state index contributed by atoms with van der Waals surface area (Å²) in [6.45, 7) is 1.91. The number of nitrogens with two attached hydrogens (primary N) is 2. The molecular weight excluding hydrogens is 579 g/mol. The van der Waals surface area contributed by atoms with Gasteiger partial charge in [0.15, 0.2) is 54.3 Å². The van der Waals surface area contributed by atoms with Crippen molar-refractivity contribution in [2.45, 2.75) is 63.1 Å². The van der Waals surface area contributed by atoms with Crippen LogP contribution in [0.2, 0.25) is 0 Å². The SMILES string of the molecule is CCCC1C(OCP(=O)(O)OC2C(O)C(O)OC2n2cnc3c(N)ncnc32)OC(n2cnc3c(N)ncnc32)C1O. The summed E-state index contributed by atoms with van der Waals surface area (Å²) in [6.07, 6.45) is -4.13. The maximum Gasteiger partial charge on any atom is 0.354 e. The summed E-state index contributed by atoms with van der Waals surface area (Å²) < 4.78 is 38.5. The topological polar surface area (TPSA) is 274 Å². The van der Waals surface area contributed by atoms with E-state index in [9.17, 15) is 24.8 Å². The van der Waals surface area contributed by atoms with E-state index in [2.05, 4.69) is 29.9 Å². The van der Waals surface area contributed by atoms with Crippen LogP contribution in [-0.4, -0.2) is 96.5 Å². The van der Waals surface area contributed by atoms with Crippen molar-refractivity contribution >= 4 is 41.6 Å². The number of hydrogen-bond acceptors (Lipinski definition) is 16. The molecule has 9 atom stereocenters. The van der Waals surface area contributed by atoms with Crippen molar-refractivity contribution in [2.24, 2.45) is 5.92 Å². The first-order valence-corrected chi connectivity index (χ1v) is 14.7. The quantitative estimate of drug-likeness (QED) is 0.127. The molecule has 0 aliphatic carbocycles. The van der Waals surface area contributed by atoms with Crippen LogP contribution in [-0.2, 0) is 23.3 Å². The second kappa shape index (κ2) is 11.0. The van der Waals surface area contributed by atoms with E-state index in [0.29, 0.717) is 24.0 Å². The molecule has 6 rings (SSSR count). The lowest BCUT2D eigenvalue weighted by Gasteiger charge is -2.25. The van der Waals surface area contributed by atoms with E-state index in [1.807, 2.05) is 6.92 Å². The molecule has 0 aromatic carbocycles. The highest BCUT2D eigenvalue weighted by molar-refractivity contribution is 7.52. The molecule has 4 aromatic heterocycles. The first-order chi connectivity index (χ1) is 20.1. The highest BCUT2D eigenvalue weighted by atomic mass is 31.2. The van der Waals surface area contributed by atoms with Crippen LogP contribution in [0.4, 0.5) is 11.6 Å². The van der Waals surface area contributed by atoms with Crippen LogP contribution in [0, 0.1) is 5.92 Å². The van der Waals surface area contributed by atoms with Crippen molar-refractivity contribution in [3.05, 3.63) is 25.3 Å². The van der Waals surface area contributed by atoms with Crippen LogP contribution in [0.1, 0.15) is 32.2 Å². The molecular formula is C22H29N10O9P. The highest BCUT2D eigenvalue weighted by Gasteiger charge is 2.50. The van der Waals surface area contributed by atoms with Crippen molar-refractivity contribution in [3.63, 3.8) is 0 Å². The van der Waals surface area contributed by atoms with Crippen LogP contribution in [0.5, 0.6) is 0 Å². The van der Waals surface area contributed by atoms with Gasteiger partial charge in [-0.05, 0) is 6.42 Å². The Hall–Kier alpha value is -3.39. The Balaban J connectivity index is 1.19. The molecule has 226 valence electrons. The van der Waals surface area contributed by atoms with E-state index in [4.69, 9.17) is 30.2 Å². The van der Waals surface area contributed by atoms with Crippen LogP contribution in [0.25, 0.3) is 22.3 Å². The van der Waals surface area contributed by atoms with Crippen LogP contribution < -0.4 is 11.5 Å². The summed E-state index contributed by atoms with van der Waals surface area (Å²) in [6, 6.07) is 0. The first-order valence-electron chi connectivity index (χ1n) is 12.9. The predicted molar refractivity (Wildman–Crippen MR) is 141 cm³/mol. The summed E-state index contributed by atoms with van der Waals surface area (Å²) in [5.74, 6) is -0.354. The van der Waals surface area contributed by atoms with Gasteiger partial charge >= 0.3 is 7.60 Å². The second-order valence-electron chi connectivity index (χ2n) is 9.92. The molecule has 0 amide bonds. The molecule has 8 N–H and O–H groups in total. The number of nitrogens with zero attached hydrogens (tertiary/aromatic N) is 8. The van der Waals surface area contributed by atoms with Gasteiger partial charge in [-0.1, -0.05) is 13.3 Å². The molecule has 0 spiro atoms. The van der Waals surface area contributed by atoms with Gasteiger partial charge in [0.2, 0.25) is 0 Å². The molecule has 6 heterocycles. The monoisotopic (exact) mass is 608 g/mol. The Labute approximate surface area is 236 Å². The minimum absolute atomic E-state index is 0.0786. The van der Waals surface area contributed by atoms with Gasteiger partial charge in [-0.15, -0.1) is 0 Å². The highest BCUT2D eigenvalue weighted by Crippen LogP contribution is 2.49. The maximum atomic E-state index is 13.2. The second-order valence-corrected chi connectivity index (χ2v) is 11.7. The Morgan fingerprint density at radius 2 is 1.50 bits per heavy atom. The molecule has 2 aliphatic heterocycles. The first kappa shape index (κ1) is 28.7. The molecule has 2 saturated heterocycles. The zero-order valence-corrected chi connectivity index (χ0v) is 23.0. The number of aliphatic hydroxyl groups is 3. The van der Waals surface area contributed by atoms with Gasteiger partial charge in [0.05, 0.1) is 12.7 Å². The largest absolute Gasteiger partial charge is 0.388 e. The molecule has 0 bridgehead atoms. The number of rotatable bonds is 9. The third-order valence-electron chi connectivity index (χ3n) is 7.18. The van der Waals surface area contributed by atoms with Gasteiger partial charge in [-0.2, -0.15) is 0 Å². The zero-order valence-electron chi connectivity index (χ0n) is 22.1. The molecule has 2 aliphatic rings. The van der Waals surface area contributed by atoms with Gasteiger partial charge in [0.1, 0.15) is 42.0 Å². The van der Waals surface area contributed by atoms with E-state index in [1.165, 1.54) is 34.4 Å². The van der Waals surface area contributed by atoms with Gasteiger partial charge < -0.3 is 45.9 Å². The Morgan fingerprint density at radius 3 is 2.10 bits per heavy atom. The van der Waals surface area contributed by atoms with Gasteiger partial charge in [-0.3, -0.25) is 18.2 Å². The lowest BCUT2D eigenvalue weighted by atomic mass is 9.98. The third kappa shape index (κ3) is 4.97. The minimum Gasteiger partial charge on any atom is -0.388 e. The maximum absolute atomic E-state index is 13.2. The average molecular weight is 609 g/mol. The number of imidazole rings is 2. The zero-order chi connectivity index (χ0) is 29.8. The number of anilines is 2. The molecule has 0 saturated carbocycles. The Kier molecular flexibility index (Phi) is 7.54. The standard InChI is InChI=1S/C22H29N10O9P/c1-2-3-9-12(33)19(31-6-29-10-15(23)25-4-27-17(10)31)40-22(9)38-8-42(36,37)41-14-13(34)21(35)39-20(14)32-7-30-11-16(24)26-5-28-18(11)32/h4-7,9,12-14,19-22,33-35H,2-3,8H2,1H3,(H,36,37)(H2,23,25,27)(H2,24,26,28). The molecule has 2 fully saturated rings. The van der Waals surface area contributed by atoms with E-state index >= 15 is 0 Å². The number of hydrogen-bond donors (Lipinski definition) is 6. The van der Waals surface area contributed by atoms with Crippen LogP contribution in [0.15, 0.2) is 25.3 Å². The van der Waals surface area contributed by atoms with Gasteiger partial charge in [0.25, 0.3) is 0 Å². The Bertz CT molecular complexity index is 1640. The van der Waals surface area contributed by atoms with Crippen molar-refractivity contribution in [2.75, 3.05) is 17.8 Å². The lowest BCUT2D eigenvalue weighted by Crippen LogP contribution is -2.34. The Morgan fingerprint density at radius 1 is 0.905 bits per heavy atom. The molecule has 42 heavy (non-hydrogen) atoms. The van der Waals surface area contributed by atoms with Crippen molar-refractivity contribution < 1.29 is 43.5 Å². The summed E-state index contributed by atoms with van der Waals surface area (Å²) in [5.41, 5.74) is 12.8. The fourth-order valence-electron chi connectivity index (χ4n) is 5.20. The van der Waals surface area contributed by atoms with E-state index in [0.717, 1.165) is 0 Å². The fourth-order valence-corrected chi connectivity index (χ4v) is 6.20. The summed E-state index contributed by atoms with van der Waals surface area (Å²) in [7, 11) is -4.64. The lowest BCUT2D eigenvalue weighted by molar-refractivity contribution is -0.157. The van der Waals surface area contributed by atoms with Gasteiger partial charge in [-0.25, -0.2) is 29.9 Å². The smallest absolute Gasteiger partial charge is 0.354 e. The van der Waals surface area contributed by atoms with Crippen LogP contribution in [0.3, 0.4) is 0 Å². The minimum atomic E-state index is -4.64. The van der Waals surface area contributed by atoms with E-state index in [1.54, 1.807) is 0 Å². The third-order valence-corrected chi connectivity index (χ3v) is 8.22. The number of fused-ring (bicyclic) bond motifs is 2. The summed E-state index contributed by atoms with van der Waals surface area (Å²) in [5, 5.41) is 31.8. The average Bonchev–Trinajstić information content (AvgIpc) is 3.71. The number of nitrogen functional groups attached to an aromatic ring is 2. The number of aliphatic hydroxyl groups excluding tert-OH is 3. The van der Waals surface area contributed by atoms with E-state index < -0.39 is 63.2 Å². The van der Waals surface area contributed by atoms with Crippen molar-refractivity contribution in [1.82, 2.24) is 39.0 Å². The summed E-state index contributed by atoms with van der Waals surface area (Å²) in [4.78, 5) is 35.1. The predicted octanol–water partition coefficient (Wildman–Crippen LogP) is -0.784. The van der Waals surface area contributed by atoms with E-state index in [-0.39, 0.29) is 22.8 Å². The van der Waals surface area contributed by atoms with Crippen molar-refractivity contribution in [1.29, 1.82) is 0 Å². The molecule has 0 radical (unpaired) electrons. The van der Waals surface area contributed by atoms with Crippen LogP contribution >= 0.6 is 7.60 Å². The molecule has 20 heteroatoms. The van der Waals surface area contributed by atoms with Gasteiger partial charge in [0, 0.05) is 5.92 Å². The normalized spacial score (nSPS) is 31.3.